The van der Waals surface area contributed by atoms with Crippen LogP contribution in [0.2, 0.25) is 5.02 Å². The molecule has 0 saturated carbocycles. The van der Waals surface area contributed by atoms with E-state index in [1.54, 1.807) is 30.3 Å². The quantitative estimate of drug-likeness (QED) is 0.699. The number of hydrogen-bond donors (Lipinski definition) is 2. The van der Waals surface area contributed by atoms with Gasteiger partial charge in [-0.2, -0.15) is 10.5 Å². The second kappa shape index (κ2) is 7.83. The largest absolute Gasteiger partial charge is 0.489 e. The molecule has 0 saturated heterocycles. The average Bonchev–Trinajstić information content (AvgIpc) is 2.69. The van der Waals surface area contributed by atoms with Crippen molar-refractivity contribution < 1.29 is 9.13 Å². The van der Waals surface area contributed by atoms with Gasteiger partial charge >= 0.3 is 0 Å². The first-order chi connectivity index (χ1) is 13.4. The molecule has 0 bridgehead atoms. The number of ether oxygens (including phenoxy) is 1. The number of halogens is 2. The summed E-state index contributed by atoms with van der Waals surface area (Å²) in [6.45, 7) is 0.123. The lowest BCUT2D eigenvalue weighted by Gasteiger charge is -2.10. The molecule has 0 aliphatic carbocycles. The molecule has 0 aliphatic rings. The molecule has 0 spiro atoms. The van der Waals surface area contributed by atoms with Gasteiger partial charge in [0.1, 0.15) is 47.3 Å². The molecule has 3 N–H and O–H groups in total. The summed E-state index contributed by atoms with van der Waals surface area (Å²) in [6, 6.07) is 14.5. The number of pyridine rings is 1. The second-order valence-corrected chi connectivity index (χ2v) is 6.19. The smallest absolute Gasteiger partial charge is 0.268 e. The standard InChI is InChI=1S/C20H12ClFN4O2/c21-16-6-1-11(7-17(16)22)10-28-13-4-2-12(3-5-13)18-14(8-23)19(25)26-20(27)15(18)9-24/h1-7H,10H2,(H3,25,26,27). The lowest BCUT2D eigenvalue weighted by Crippen LogP contribution is -2.16. The summed E-state index contributed by atoms with van der Waals surface area (Å²) in [5.41, 5.74) is 6.09. The van der Waals surface area contributed by atoms with Crippen molar-refractivity contribution in [3.05, 3.63) is 80.3 Å². The van der Waals surface area contributed by atoms with E-state index in [4.69, 9.17) is 22.1 Å². The summed E-state index contributed by atoms with van der Waals surface area (Å²) < 4.78 is 19.1. The van der Waals surface area contributed by atoms with Gasteiger partial charge in [-0.25, -0.2) is 4.39 Å². The zero-order chi connectivity index (χ0) is 20.3. The van der Waals surface area contributed by atoms with E-state index in [9.17, 15) is 19.7 Å². The van der Waals surface area contributed by atoms with E-state index in [-0.39, 0.29) is 34.1 Å². The Hall–Kier alpha value is -3.81. The van der Waals surface area contributed by atoms with E-state index in [0.717, 1.165) is 0 Å². The summed E-state index contributed by atoms with van der Waals surface area (Å²) in [4.78, 5) is 14.3. The number of hydrogen-bond acceptors (Lipinski definition) is 5. The first kappa shape index (κ1) is 19.0. The van der Waals surface area contributed by atoms with Crippen LogP contribution in [0.3, 0.4) is 0 Å². The van der Waals surface area contributed by atoms with Crippen LogP contribution in [0.4, 0.5) is 10.2 Å². The average molecular weight is 395 g/mol. The normalized spacial score (nSPS) is 10.1. The van der Waals surface area contributed by atoms with Gasteiger partial charge in [0, 0.05) is 5.56 Å². The summed E-state index contributed by atoms with van der Waals surface area (Å²) in [6.07, 6.45) is 0. The first-order valence-electron chi connectivity index (χ1n) is 7.97. The molecule has 1 heterocycles. The number of benzene rings is 2. The highest BCUT2D eigenvalue weighted by atomic mass is 35.5. The third-order valence-electron chi connectivity index (χ3n) is 4.00. The Balaban J connectivity index is 1.89. The van der Waals surface area contributed by atoms with Crippen LogP contribution < -0.4 is 16.0 Å². The molecule has 3 aromatic rings. The van der Waals surface area contributed by atoms with Crippen LogP contribution in [0.25, 0.3) is 11.1 Å². The summed E-state index contributed by atoms with van der Waals surface area (Å²) in [5.74, 6) is -0.154. The number of nitrogens with one attached hydrogen (secondary N) is 1. The monoisotopic (exact) mass is 394 g/mol. The molecule has 6 nitrogen and oxygen atoms in total. The lowest BCUT2D eigenvalue weighted by molar-refractivity contribution is 0.305. The van der Waals surface area contributed by atoms with E-state index in [1.807, 2.05) is 12.1 Å². The van der Waals surface area contributed by atoms with Gasteiger partial charge in [-0.1, -0.05) is 29.8 Å². The highest BCUT2D eigenvalue weighted by Crippen LogP contribution is 2.29. The molecular weight excluding hydrogens is 383 g/mol. The topological polar surface area (TPSA) is 116 Å². The number of nitrogen functional groups attached to an aromatic ring is 1. The van der Waals surface area contributed by atoms with E-state index in [0.29, 0.717) is 16.9 Å². The van der Waals surface area contributed by atoms with Gasteiger partial charge in [-0.3, -0.25) is 4.79 Å². The van der Waals surface area contributed by atoms with Crippen molar-refractivity contribution in [2.45, 2.75) is 6.61 Å². The summed E-state index contributed by atoms with van der Waals surface area (Å²) in [5, 5.41) is 18.7. The van der Waals surface area contributed by atoms with Crippen molar-refractivity contribution in [2.75, 3.05) is 5.73 Å². The van der Waals surface area contributed by atoms with E-state index in [1.165, 1.54) is 12.1 Å². The fourth-order valence-electron chi connectivity index (χ4n) is 2.65. The van der Waals surface area contributed by atoms with Gasteiger partial charge in [0.05, 0.1) is 5.02 Å². The van der Waals surface area contributed by atoms with Crippen molar-refractivity contribution in [2.24, 2.45) is 0 Å². The molecule has 0 atom stereocenters. The van der Waals surface area contributed by atoms with Crippen LogP contribution in [-0.2, 0) is 6.61 Å². The van der Waals surface area contributed by atoms with Crippen LogP contribution in [0.5, 0.6) is 5.75 Å². The van der Waals surface area contributed by atoms with E-state index < -0.39 is 11.4 Å². The predicted molar refractivity (Wildman–Crippen MR) is 102 cm³/mol. The maximum absolute atomic E-state index is 13.5. The molecule has 28 heavy (non-hydrogen) atoms. The fourth-order valence-corrected chi connectivity index (χ4v) is 2.76. The molecule has 0 unspecified atom stereocenters. The minimum Gasteiger partial charge on any atom is -0.489 e. The Labute approximate surface area is 164 Å². The van der Waals surface area contributed by atoms with Crippen LogP contribution in [-0.4, -0.2) is 4.98 Å². The van der Waals surface area contributed by atoms with Gasteiger partial charge < -0.3 is 15.5 Å². The van der Waals surface area contributed by atoms with Crippen LogP contribution >= 0.6 is 11.6 Å². The maximum atomic E-state index is 13.5. The number of rotatable bonds is 4. The van der Waals surface area contributed by atoms with Gasteiger partial charge in [0.15, 0.2) is 0 Å². The first-order valence-corrected chi connectivity index (χ1v) is 8.35. The number of anilines is 1. The number of nitrogens with two attached hydrogens (primary N) is 1. The molecule has 2 aromatic carbocycles. The Kier molecular flexibility index (Phi) is 5.30. The zero-order valence-corrected chi connectivity index (χ0v) is 15.0. The predicted octanol–water partition coefficient (Wildman–Crippen LogP) is 3.74. The molecule has 0 aliphatic heterocycles. The Morgan fingerprint density at radius 1 is 1.11 bits per heavy atom. The number of nitrogens with zero attached hydrogens (tertiary/aromatic N) is 2. The summed E-state index contributed by atoms with van der Waals surface area (Å²) >= 11 is 5.65. The van der Waals surface area contributed by atoms with Crippen molar-refractivity contribution in [3.8, 4) is 29.0 Å². The third kappa shape index (κ3) is 3.66. The molecule has 0 fully saturated rings. The highest BCUT2D eigenvalue weighted by molar-refractivity contribution is 6.30. The van der Waals surface area contributed by atoms with Crippen LogP contribution in [0, 0.1) is 28.5 Å². The van der Waals surface area contributed by atoms with Crippen molar-refractivity contribution in [3.63, 3.8) is 0 Å². The summed E-state index contributed by atoms with van der Waals surface area (Å²) in [7, 11) is 0. The molecule has 3 rings (SSSR count). The van der Waals surface area contributed by atoms with Crippen molar-refractivity contribution >= 4 is 17.4 Å². The van der Waals surface area contributed by atoms with Gasteiger partial charge in [-0.15, -0.1) is 0 Å². The lowest BCUT2D eigenvalue weighted by atomic mass is 9.96. The number of nitriles is 2. The number of aromatic amines is 1. The van der Waals surface area contributed by atoms with Crippen molar-refractivity contribution in [1.82, 2.24) is 4.98 Å². The Morgan fingerprint density at radius 2 is 1.79 bits per heavy atom. The van der Waals surface area contributed by atoms with Crippen LogP contribution in [0.15, 0.2) is 47.3 Å². The minimum atomic E-state index is -0.668. The molecule has 138 valence electrons. The van der Waals surface area contributed by atoms with Gasteiger partial charge in [0.25, 0.3) is 5.56 Å². The van der Waals surface area contributed by atoms with E-state index in [2.05, 4.69) is 4.98 Å². The van der Waals surface area contributed by atoms with Crippen LogP contribution in [0.1, 0.15) is 16.7 Å². The van der Waals surface area contributed by atoms with Gasteiger partial charge in [0.2, 0.25) is 0 Å². The molecule has 0 amide bonds. The SMILES string of the molecule is N#Cc1c(N)[nH]c(=O)c(C#N)c1-c1ccc(OCc2ccc(Cl)c(F)c2)cc1. The fraction of sp³-hybridized carbons (Fsp3) is 0.0500. The molecule has 8 heteroatoms. The highest BCUT2D eigenvalue weighted by Gasteiger charge is 2.18. The Bertz CT molecular complexity index is 1190. The maximum Gasteiger partial charge on any atom is 0.268 e. The van der Waals surface area contributed by atoms with Gasteiger partial charge in [-0.05, 0) is 35.4 Å². The third-order valence-corrected chi connectivity index (χ3v) is 4.31. The Morgan fingerprint density at radius 3 is 2.39 bits per heavy atom. The van der Waals surface area contributed by atoms with E-state index >= 15 is 0 Å². The minimum absolute atomic E-state index is 0.0152. The van der Waals surface area contributed by atoms with Crippen molar-refractivity contribution in [1.29, 1.82) is 10.5 Å². The molecule has 1 aromatic heterocycles. The molecule has 0 radical (unpaired) electrons. The zero-order valence-electron chi connectivity index (χ0n) is 14.3. The second-order valence-electron chi connectivity index (χ2n) is 5.78. The molecular formula is C20H12ClFN4O2. The number of H-pyrrole nitrogens is 1. The number of aromatic nitrogens is 1.